The van der Waals surface area contributed by atoms with Crippen LogP contribution in [-0.4, -0.2) is 25.4 Å². The summed E-state index contributed by atoms with van der Waals surface area (Å²) >= 11 is 11.9. The predicted octanol–water partition coefficient (Wildman–Crippen LogP) is 5.43. The third-order valence-corrected chi connectivity index (χ3v) is 8.39. The Morgan fingerprint density at radius 2 is 1.47 bits per heavy atom. The van der Waals surface area contributed by atoms with E-state index >= 15 is 0 Å². The summed E-state index contributed by atoms with van der Waals surface area (Å²) in [6.45, 7) is 3.93. The molecule has 2 aliphatic carbocycles. The Bertz CT molecular complexity index is 1270. The Morgan fingerprint density at radius 1 is 0.912 bits per heavy atom. The van der Waals surface area contributed by atoms with Crippen molar-refractivity contribution in [3.8, 4) is 0 Å². The smallest absolute Gasteiger partial charge is 0.307 e. The molecule has 2 fully saturated rings. The number of benzene rings is 2. The molecule has 0 heterocycles. The zero-order valence-electron chi connectivity index (χ0n) is 18.5. The van der Waals surface area contributed by atoms with Crippen LogP contribution >= 0.6 is 23.2 Å². The van der Waals surface area contributed by atoms with Crippen molar-refractivity contribution in [2.24, 2.45) is 23.7 Å². The summed E-state index contributed by atoms with van der Waals surface area (Å²) in [5, 5.41) is 13.2. The molecule has 0 aromatic heterocycles. The van der Waals surface area contributed by atoms with Crippen molar-refractivity contribution in [2.45, 2.75) is 31.6 Å². The van der Waals surface area contributed by atoms with E-state index in [1.165, 1.54) is 42.5 Å². The van der Waals surface area contributed by atoms with Gasteiger partial charge in [-0.25, -0.2) is 8.42 Å². The van der Waals surface area contributed by atoms with E-state index < -0.39 is 27.8 Å². The van der Waals surface area contributed by atoms with Gasteiger partial charge in [-0.05, 0) is 81.0 Å². The molecular weight excluding hydrogens is 499 g/mol. The summed E-state index contributed by atoms with van der Waals surface area (Å²) in [6.07, 6.45) is 1.58. The lowest BCUT2D eigenvalue weighted by atomic mass is 9.78. The van der Waals surface area contributed by atoms with Crippen LogP contribution in [0.3, 0.4) is 0 Å². The van der Waals surface area contributed by atoms with E-state index in [-0.39, 0.29) is 28.3 Å². The van der Waals surface area contributed by atoms with Gasteiger partial charge in [0, 0.05) is 15.7 Å². The van der Waals surface area contributed by atoms with Crippen LogP contribution in [-0.2, 0) is 19.6 Å². The van der Waals surface area contributed by atoms with E-state index in [1.54, 1.807) is 0 Å². The van der Waals surface area contributed by atoms with Crippen LogP contribution in [0.4, 0.5) is 11.4 Å². The number of hydrogen-bond donors (Lipinski definition) is 3. The number of carbonyl (C=O) groups excluding carboxylic acids is 1. The second-order valence-corrected chi connectivity index (χ2v) is 11.5. The van der Waals surface area contributed by atoms with Crippen LogP contribution < -0.4 is 10.0 Å². The molecule has 0 radical (unpaired) electrons. The van der Waals surface area contributed by atoms with Crippen LogP contribution in [0.25, 0.3) is 0 Å². The zero-order chi connectivity index (χ0) is 24.8. The number of anilines is 2. The Morgan fingerprint density at radius 3 is 2.00 bits per heavy atom. The van der Waals surface area contributed by atoms with Crippen molar-refractivity contribution in [3.05, 3.63) is 63.7 Å². The number of rotatable bonds is 6. The molecule has 4 rings (SSSR count). The first-order valence-electron chi connectivity index (χ1n) is 10.8. The molecule has 0 aliphatic heterocycles. The Hall–Kier alpha value is -2.55. The van der Waals surface area contributed by atoms with Crippen molar-refractivity contribution >= 4 is 56.5 Å². The van der Waals surface area contributed by atoms with Crippen LogP contribution in [0.15, 0.2) is 58.5 Å². The fraction of sp³-hybridized carbons (Fsp3) is 0.333. The van der Waals surface area contributed by atoms with E-state index in [2.05, 4.69) is 10.0 Å². The number of allylic oxidation sites excluding steroid dienone is 2. The molecular formula is C24H24Cl2N2O5S. The van der Waals surface area contributed by atoms with E-state index in [9.17, 15) is 23.1 Å². The minimum atomic E-state index is -3.92. The second-order valence-electron chi connectivity index (χ2n) is 8.91. The maximum atomic E-state index is 13.1. The van der Waals surface area contributed by atoms with Gasteiger partial charge in [0.2, 0.25) is 5.91 Å². The Labute approximate surface area is 208 Å². The molecule has 34 heavy (non-hydrogen) atoms. The molecule has 0 saturated heterocycles. The third-order valence-electron chi connectivity index (χ3n) is 6.55. The quantitative estimate of drug-likeness (QED) is 0.438. The summed E-state index contributed by atoms with van der Waals surface area (Å²) < 4.78 is 27.9. The Kier molecular flexibility index (Phi) is 6.68. The minimum absolute atomic E-state index is 0.0169. The molecule has 7 nitrogen and oxygen atoms in total. The van der Waals surface area contributed by atoms with Gasteiger partial charge in [-0.1, -0.05) is 34.3 Å². The van der Waals surface area contributed by atoms with Gasteiger partial charge < -0.3 is 10.4 Å². The molecule has 10 heteroatoms. The SMILES string of the molecule is CC(C)=C1C2CCC1C(C(=O)Nc1ccc(S(=O)(=O)Nc3cc(Cl)cc(Cl)c3)cc1)C2C(=O)O. The molecule has 4 unspecified atom stereocenters. The van der Waals surface area contributed by atoms with Gasteiger partial charge >= 0.3 is 5.97 Å². The van der Waals surface area contributed by atoms with Gasteiger partial charge in [0.1, 0.15) is 0 Å². The lowest BCUT2D eigenvalue weighted by molar-refractivity contribution is -0.148. The number of halogens is 2. The highest BCUT2D eigenvalue weighted by Crippen LogP contribution is 2.57. The topological polar surface area (TPSA) is 113 Å². The number of amides is 1. The fourth-order valence-corrected chi connectivity index (χ4v) is 6.94. The van der Waals surface area contributed by atoms with Crippen LogP contribution in [0.2, 0.25) is 10.0 Å². The van der Waals surface area contributed by atoms with Gasteiger partial charge in [0.25, 0.3) is 10.0 Å². The molecule has 2 bridgehead atoms. The highest BCUT2D eigenvalue weighted by Gasteiger charge is 2.57. The van der Waals surface area contributed by atoms with Gasteiger partial charge in [0.15, 0.2) is 0 Å². The van der Waals surface area contributed by atoms with E-state index in [1.807, 2.05) is 13.8 Å². The molecule has 2 aromatic rings. The molecule has 2 aliphatic rings. The van der Waals surface area contributed by atoms with Gasteiger partial charge in [-0.15, -0.1) is 0 Å². The van der Waals surface area contributed by atoms with E-state index in [4.69, 9.17) is 23.2 Å². The minimum Gasteiger partial charge on any atom is -0.481 e. The van der Waals surface area contributed by atoms with Crippen molar-refractivity contribution in [2.75, 3.05) is 10.0 Å². The molecule has 180 valence electrons. The summed E-state index contributed by atoms with van der Waals surface area (Å²) in [4.78, 5) is 25.1. The zero-order valence-corrected chi connectivity index (χ0v) is 20.8. The maximum absolute atomic E-state index is 13.1. The number of carboxylic acids is 1. The van der Waals surface area contributed by atoms with Gasteiger partial charge in [0.05, 0.1) is 22.4 Å². The largest absolute Gasteiger partial charge is 0.481 e. The third kappa shape index (κ3) is 4.67. The average Bonchev–Trinajstić information content (AvgIpc) is 3.29. The first kappa shape index (κ1) is 24.6. The number of carboxylic acid groups (broad SMARTS) is 1. The number of sulfonamides is 1. The molecule has 2 saturated carbocycles. The lowest BCUT2D eigenvalue weighted by Crippen LogP contribution is -2.37. The van der Waals surface area contributed by atoms with Gasteiger partial charge in [-0.2, -0.15) is 0 Å². The van der Waals surface area contributed by atoms with Crippen LogP contribution in [0.1, 0.15) is 26.7 Å². The molecule has 2 aromatic carbocycles. The van der Waals surface area contributed by atoms with E-state index in [0.29, 0.717) is 15.7 Å². The van der Waals surface area contributed by atoms with Crippen molar-refractivity contribution < 1.29 is 23.1 Å². The first-order valence-corrected chi connectivity index (χ1v) is 13.0. The average molecular weight is 523 g/mol. The van der Waals surface area contributed by atoms with Crippen molar-refractivity contribution in [3.63, 3.8) is 0 Å². The normalized spacial score (nSPS) is 23.6. The van der Waals surface area contributed by atoms with Crippen molar-refractivity contribution in [1.29, 1.82) is 0 Å². The monoisotopic (exact) mass is 522 g/mol. The molecule has 3 N–H and O–H groups in total. The Balaban J connectivity index is 1.51. The van der Waals surface area contributed by atoms with Crippen LogP contribution in [0.5, 0.6) is 0 Å². The lowest BCUT2D eigenvalue weighted by Gasteiger charge is -2.26. The molecule has 4 atom stereocenters. The van der Waals surface area contributed by atoms with E-state index in [0.717, 1.165) is 24.0 Å². The number of fused-ring (bicyclic) bond motifs is 2. The highest BCUT2D eigenvalue weighted by atomic mass is 35.5. The van der Waals surface area contributed by atoms with Gasteiger partial charge in [-0.3, -0.25) is 14.3 Å². The first-order chi connectivity index (χ1) is 16.0. The van der Waals surface area contributed by atoms with Crippen LogP contribution in [0, 0.1) is 23.7 Å². The highest BCUT2D eigenvalue weighted by molar-refractivity contribution is 7.92. The molecule has 1 amide bonds. The second kappa shape index (κ2) is 9.24. The maximum Gasteiger partial charge on any atom is 0.307 e. The number of hydrogen-bond acceptors (Lipinski definition) is 4. The summed E-state index contributed by atoms with van der Waals surface area (Å²) in [7, 11) is -3.92. The fourth-order valence-electron chi connectivity index (χ4n) is 5.37. The summed E-state index contributed by atoms with van der Waals surface area (Å²) in [5.74, 6) is -2.91. The number of aliphatic carboxylic acids is 1. The number of nitrogens with one attached hydrogen (secondary N) is 2. The van der Waals surface area contributed by atoms with Crippen molar-refractivity contribution in [1.82, 2.24) is 0 Å². The predicted molar refractivity (Wildman–Crippen MR) is 132 cm³/mol. The number of carbonyl (C=O) groups is 2. The standard InChI is InChI=1S/C24H24Cl2N2O5S/c1-12(2)20-18-7-8-19(20)22(24(30)31)21(18)23(29)27-15-3-5-17(6-4-15)34(32,33)28-16-10-13(25)9-14(26)11-16/h3-6,9-11,18-19,21-22,28H,7-8H2,1-2H3,(H,27,29)(H,30,31). The molecule has 0 spiro atoms. The summed E-state index contributed by atoms with van der Waals surface area (Å²) in [5.41, 5.74) is 2.79. The summed E-state index contributed by atoms with van der Waals surface area (Å²) in [6, 6.07) is 10.0.